The molecule has 0 unspecified atom stereocenters. The molecule has 0 aromatic heterocycles. The molecule has 0 aliphatic heterocycles. The maximum absolute atomic E-state index is 13.0. The normalized spacial score (nSPS) is 13.5. The molecule has 1 atom stereocenters. The van der Waals surface area contributed by atoms with Gasteiger partial charge in [-0.1, -0.05) is 0 Å². The summed E-state index contributed by atoms with van der Waals surface area (Å²) in [5.74, 6) is -1.28. The van der Waals surface area contributed by atoms with E-state index < -0.39 is 46.6 Å². The Morgan fingerprint density at radius 1 is 0.920 bits per heavy atom. The fourth-order valence-corrected chi connectivity index (χ4v) is 1.28. The highest BCUT2D eigenvalue weighted by molar-refractivity contribution is 5.86. The van der Waals surface area contributed by atoms with Crippen molar-refractivity contribution in [2.75, 3.05) is 0 Å². The Bertz CT molecular complexity index is 509. The lowest BCUT2D eigenvalue weighted by atomic mass is 10.2. The molecule has 0 aromatic carbocycles. The van der Waals surface area contributed by atoms with Gasteiger partial charge in [0, 0.05) is 0 Å². The Balaban J connectivity index is 4.98. The first kappa shape index (κ1) is 22.8. The summed E-state index contributed by atoms with van der Waals surface area (Å²) in [6.45, 7) is 9.96. The molecular formula is C14H24F3N3O5. The topological polar surface area (TPSA) is 97.0 Å². The van der Waals surface area contributed by atoms with Gasteiger partial charge < -0.3 is 14.8 Å². The largest absolute Gasteiger partial charge is 0.508 e. The van der Waals surface area contributed by atoms with Crippen LogP contribution in [0.1, 0.15) is 48.5 Å². The van der Waals surface area contributed by atoms with Crippen molar-refractivity contribution in [1.82, 2.24) is 15.8 Å². The van der Waals surface area contributed by atoms with Crippen molar-refractivity contribution in [3.63, 3.8) is 0 Å². The maximum atomic E-state index is 13.0. The molecule has 146 valence electrons. The van der Waals surface area contributed by atoms with Gasteiger partial charge in [-0.15, -0.1) is 18.2 Å². The summed E-state index contributed by atoms with van der Waals surface area (Å²) in [7, 11) is 0. The van der Waals surface area contributed by atoms with E-state index in [4.69, 9.17) is 4.74 Å². The van der Waals surface area contributed by atoms with Crippen LogP contribution in [-0.2, 0) is 14.3 Å². The molecule has 2 N–H and O–H groups in total. The third kappa shape index (κ3) is 9.62. The van der Waals surface area contributed by atoms with E-state index in [1.165, 1.54) is 26.2 Å². The Morgan fingerprint density at radius 2 is 1.36 bits per heavy atom. The van der Waals surface area contributed by atoms with Crippen LogP contribution in [0.2, 0.25) is 0 Å². The van der Waals surface area contributed by atoms with E-state index in [1.807, 2.05) is 0 Å². The van der Waals surface area contributed by atoms with Gasteiger partial charge in [-0.2, -0.15) is 0 Å². The number of halogens is 3. The molecule has 0 radical (unpaired) electrons. The number of amides is 3. The predicted molar refractivity (Wildman–Crippen MR) is 81.1 cm³/mol. The lowest BCUT2D eigenvalue weighted by Gasteiger charge is -2.29. The zero-order valence-corrected chi connectivity index (χ0v) is 15.2. The maximum Gasteiger partial charge on any atom is 0.508 e. The van der Waals surface area contributed by atoms with Crippen LogP contribution < -0.4 is 10.7 Å². The van der Waals surface area contributed by atoms with Gasteiger partial charge in [-0.05, 0) is 48.5 Å². The highest BCUT2D eigenvalue weighted by atomic mass is 19.4. The second kappa shape index (κ2) is 7.79. The minimum atomic E-state index is -5.22. The molecule has 3 amide bonds. The number of alkyl halides is 3. The first-order valence-corrected chi connectivity index (χ1v) is 7.32. The molecule has 0 bridgehead atoms. The lowest BCUT2D eigenvalue weighted by Crippen LogP contribution is -2.59. The third-order valence-corrected chi connectivity index (χ3v) is 2.18. The van der Waals surface area contributed by atoms with E-state index in [0.29, 0.717) is 0 Å². The van der Waals surface area contributed by atoms with Gasteiger partial charge in [0.2, 0.25) is 0 Å². The molecule has 0 heterocycles. The molecule has 0 aliphatic rings. The number of ether oxygens (including phenoxy) is 2. The van der Waals surface area contributed by atoms with E-state index in [9.17, 15) is 27.6 Å². The van der Waals surface area contributed by atoms with E-state index in [1.54, 1.807) is 20.8 Å². The Morgan fingerprint density at radius 3 is 1.72 bits per heavy atom. The summed E-state index contributed by atoms with van der Waals surface area (Å²) in [6, 6.07) is -1.40. The van der Waals surface area contributed by atoms with Crippen LogP contribution in [0.4, 0.5) is 22.8 Å². The molecule has 11 heteroatoms. The molecule has 25 heavy (non-hydrogen) atoms. The average molecular weight is 371 g/mol. The highest BCUT2D eigenvalue weighted by Crippen LogP contribution is 2.22. The van der Waals surface area contributed by atoms with Gasteiger partial charge in [0.15, 0.2) is 0 Å². The Labute approximate surface area is 144 Å². The standard InChI is InChI=1S/C14H24F3N3O5/c1-8(18-10(22)24-12(2,3)4)9(21)19-20(14(15,16)17)11(23)25-13(5,6)7/h8H,1-7H3,(H,18,22)(H,19,21)/t8-/m0/s1. The Hall–Kier alpha value is -2.20. The molecule has 0 rings (SSSR count). The number of nitrogens with one attached hydrogen (secondary N) is 2. The van der Waals surface area contributed by atoms with Crippen LogP contribution in [-0.4, -0.2) is 46.6 Å². The predicted octanol–water partition coefficient (Wildman–Crippen LogP) is 2.69. The average Bonchev–Trinajstić information content (AvgIpc) is 2.28. The second-order valence-corrected chi connectivity index (χ2v) is 7.13. The van der Waals surface area contributed by atoms with Crippen LogP contribution in [0.3, 0.4) is 0 Å². The van der Waals surface area contributed by atoms with Gasteiger partial charge in [-0.3, -0.25) is 10.2 Å². The number of hydrogen-bond donors (Lipinski definition) is 2. The molecule has 0 spiro atoms. The number of carbonyl (C=O) groups is 3. The summed E-state index contributed by atoms with van der Waals surface area (Å²) >= 11 is 0. The number of carbonyl (C=O) groups excluding carboxylic acids is 3. The minimum absolute atomic E-state index is 0.852. The zero-order chi connectivity index (χ0) is 20.2. The minimum Gasteiger partial charge on any atom is -0.444 e. The van der Waals surface area contributed by atoms with Crippen molar-refractivity contribution in [1.29, 1.82) is 0 Å². The molecule has 8 nitrogen and oxygen atoms in total. The van der Waals surface area contributed by atoms with Crippen molar-refractivity contribution in [3.05, 3.63) is 0 Å². The quantitative estimate of drug-likeness (QED) is 0.575. The van der Waals surface area contributed by atoms with Crippen LogP contribution in [0.15, 0.2) is 0 Å². The van der Waals surface area contributed by atoms with Crippen molar-refractivity contribution in [2.24, 2.45) is 0 Å². The van der Waals surface area contributed by atoms with Gasteiger partial charge in [0.05, 0.1) is 0 Å². The summed E-state index contributed by atoms with van der Waals surface area (Å²) in [6.07, 6.45) is -8.02. The van der Waals surface area contributed by atoms with Crippen molar-refractivity contribution in [3.8, 4) is 0 Å². The molecular weight excluding hydrogens is 347 g/mol. The van der Waals surface area contributed by atoms with E-state index >= 15 is 0 Å². The molecule has 0 saturated carbocycles. The van der Waals surface area contributed by atoms with E-state index in [2.05, 4.69) is 10.1 Å². The molecule has 0 saturated heterocycles. The van der Waals surface area contributed by atoms with Gasteiger partial charge >= 0.3 is 18.5 Å². The lowest BCUT2D eigenvalue weighted by molar-refractivity contribution is -0.248. The molecule has 0 aromatic rings. The van der Waals surface area contributed by atoms with Gasteiger partial charge in [0.25, 0.3) is 5.91 Å². The van der Waals surface area contributed by atoms with Crippen LogP contribution >= 0.6 is 0 Å². The zero-order valence-electron chi connectivity index (χ0n) is 15.2. The smallest absolute Gasteiger partial charge is 0.444 e. The monoisotopic (exact) mass is 371 g/mol. The van der Waals surface area contributed by atoms with E-state index in [0.717, 1.165) is 6.92 Å². The first-order valence-electron chi connectivity index (χ1n) is 7.32. The van der Waals surface area contributed by atoms with Crippen molar-refractivity contribution < 1.29 is 37.0 Å². The number of rotatable bonds is 2. The molecule has 0 fully saturated rings. The van der Waals surface area contributed by atoms with Crippen molar-refractivity contribution >= 4 is 18.1 Å². The summed E-state index contributed by atoms with van der Waals surface area (Å²) in [4.78, 5) is 35.0. The number of nitrogens with zero attached hydrogens (tertiary/aromatic N) is 1. The number of hydrazine groups is 1. The summed E-state index contributed by atoms with van der Waals surface area (Å²) in [5.41, 5.74) is -0.683. The summed E-state index contributed by atoms with van der Waals surface area (Å²) < 4.78 is 48.3. The second-order valence-electron chi connectivity index (χ2n) is 7.13. The first-order chi connectivity index (χ1) is 10.9. The van der Waals surface area contributed by atoms with Crippen LogP contribution in [0, 0.1) is 0 Å². The van der Waals surface area contributed by atoms with Crippen molar-refractivity contribution in [2.45, 2.75) is 72.0 Å². The van der Waals surface area contributed by atoms with Crippen LogP contribution in [0.25, 0.3) is 0 Å². The number of alkyl carbamates (subject to hydrolysis) is 1. The fourth-order valence-electron chi connectivity index (χ4n) is 1.28. The third-order valence-electron chi connectivity index (χ3n) is 2.18. The highest BCUT2D eigenvalue weighted by Gasteiger charge is 2.45. The molecule has 0 aliphatic carbocycles. The summed E-state index contributed by atoms with van der Waals surface area (Å²) in [5, 5.41) is 1.17. The van der Waals surface area contributed by atoms with E-state index in [-0.39, 0.29) is 0 Å². The van der Waals surface area contributed by atoms with Gasteiger partial charge in [0.1, 0.15) is 17.2 Å². The van der Waals surface area contributed by atoms with Crippen LogP contribution in [0.5, 0.6) is 0 Å². The number of hydrogen-bond acceptors (Lipinski definition) is 5. The SMILES string of the molecule is C[C@H](NC(=O)OC(C)(C)C)C(=O)NN(C(=O)OC(C)(C)C)C(F)(F)F. The fraction of sp³-hybridized carbons (Fsp3) is 0.786. The Kier molecular flexibility index (Phi) is 7.10. The van der Waals surface area contributed by atoms with Gasteiger partial charge in [-0.25, -0.2) is 9.59 Å².